The van der Waals surface area contributed by atoms with Crippen LogP contribution < -0.4 is 37.9 Å². The van der Waals surface area contributed by atoms with Gasteiger partial charge in [-0.3, -0.25) is 9.59 Å². The van der Waals surface area contributed by atoms with Gasteiger partial charge in [0.25, 0.3) is 0 Å². The summed E-state index contributed by atoms with van der Waals surface area (Å²) in [6.07, 6.45) is -1.10. The van der Waals surface area contributed by atoms with Gasteiger partial charge >= 0.3 is 0 Å². The summed E-state index contributed by atoms with van der Waals surface area (Å²) in [6, 6.07) is 17.9. The Kier molecular flexibility index (Phi) is 8.36. The Morgan fingerprint density at radius 3 is 1.11 bits per heavy atom. The number of rotatable bonds is 9. The summed E-state index contributed by atoms with van der Waals surface area (Å²) >= 11 is 0. The lowest BCUT2D eigenvalue weighted by Gasteiger charge is -2.33. The number of fused-ring (bicyclic) bond motifs is 2. The standard InChI is InChI=1S/C36H34O10/c1-39-21-11-7-19(8-12-21)25-15-23(37)31-27(41-3)17-29(43-5)33(35(31)45-25)34-30(44-6)18-28(42-4)32-24(38)16-26(46-36(32)34)20-9-13-22(40-2)14-10-20/h7-14,17-18,25-26H,15-16H2,1-6H3. The van der Waals surface area contributed by atoms with Crippen LogP contribution in [-0.4, -0.2) is 54.2 Å². The summed E-state index contributed by atoms with van der Waals surface area (Å²) in [4.78, 5) is 27.7. The van der Waals surface area contributed by atoms with E-state index >= 15 is 0 Å². The van der Waals surface area contributed by atoms with Crippen LogP contribution in [-0.2, 0) is 0 Å². The van der Waals surface area contributed by atoms with Crippen LogP contribution in [0, 0.1) is 0 Å². The lowest BCUT2D eigenvalue weighted by molar-refractivity contribution is 0.0831. The predicted molar refractivity (Wildman–Crippen MR) is 169 cm³/mol. The molecule has 2 unspecified atom stereocenters. The van der Waals surface area contributed by atoms with E-state index in [1.807, 2.05) is 48.5 Å². The monoisotopic (exact) mass is 626 g/mol. The van der Waals surface area contributed by atoms with Gasteiger partial charge in [-0.2, -0.15) is 0 Å². The number of hydrogen-bond donors (Lipinski definition) is 0. The summed E-state index contributed by atoms with van der Waals surface area (Å²) in [5.74, 6) is 2.68. The first-order valence-electron chi connectivity index (χ1n) is 14.6. The first-order valence-corrected chi connectivity index (χ1v) is 14.6. The molecule has 0 aliphatic carbocycles. The molecule has 0 N–H and O–H groups in total. The molecule has 0 radical (unpaired) electrons. The third-order valence-corrected chi connectivity index (χ3v) is 8.34. The van der Waals surface area contributed by atoms with E-state index in [4.69, 9.17) is 37.9 Å². The Labute approximate surface area is 266 Å². The molecular formula is C36H34O10. The second kappa shape index (κ2) is 12.5. The second-order valence-corrected chi connectivity index (χ2v) is 10.7. The van der Waals surface area contributed by atoms with Gasteiger partial charge in [0.05, 0.1) is 66.6 Å². The molecule has 4 aromatic rings. The van der Waals surface area contributed by atoms with E-state index in [2.05, 4.69) is 0 Å². The number of ketones is 2. The van der Waals surface area contributed by atoms with Gasteiger partial charge in [0.1, 0.15) is 69.3 Å². The molecule has 2 aliphatic rings. The Balaban J connectivity index is 1.60. The van der Waals surface area contributed by atoms with Crippen LogP contribution in [0.2, 0.25) is 0 Å². The summed E-state index contributed by atoms with van der Waals surface area (Å²) in [5, 5.41) is 0. The van der Waals surface area contributed by atoms with E-state index in [0.29, 0.717) is 45.6 Å². The van der Waals surface area contributed by atoms with E-state index in [9.17, 15) is 9.59 Å². The Morgan fingerprint density at radius 1 is 0.478 bits per heavy atom. The number of ether oxygens (including phenoxy) is 8. The highest BCUT2D eigenvalue weighted by Crippen LogP contribution is 2.58. The van der Waals surface area contributed by atoms with Crippen LogP contribution in [0.15, 0.2) is 60.7 Å². The fourth-order valence-electron chi connectivity index (χ4n) is 6.02. The molecule has 0 bridgehead atoms. The van der Waals surface area contributed by atoms with Crippen molar-refractivity contribution < 1.29 is 47.5 Å². The molecule has 0 fully saturated rings. The molecule has 0 spiro atoms. The summed E-state index contributed by atoms with van der Waals surface area (Å²) in [6.45, 7) is 0. The van der Waals surface area contributed by atoms with Crippen molar-refractivity contribution in [3.8, 4) is 57.1 Å². The van der Waals surface area contributed by atoms with Gasteiger partial charge in [0.2, 0.25) is 0 Å². The smallest absolute Gasteiger partial charge is 0.174 e. The Hall–Kier alpha value is -5.38. The molecule has 6 rings (SSSR count). The van der Waals surface area contributed by atoms with Gasteiger partial charge in [-0.15, -0.1) is 0 Å². The average molecular weight is 627 g/mol. The van der Waals surface area contributed by atoms with Gasteiger partial charge < -0.3 is 37.9 Å². The van der Waals surface area contributed by atoms with Crippen molar-refractivity contribution >= 4 is 11.6 Å². The minimum atomic E-state index is -0.629. The molecule has 10 heteroatoms. The average Bonchev–Trinajstić information content (AvgIpc) is 3.10. The molecule has 2 heterocycles. The largest absolute Gasteiger partial charge is 0.497 e. The maximum atomic E-state index is 13.9. The van der Waals surface area contributed by atoms with E-state index in [0.717, 1.165) is 11.1 Å². The zero-order valence-corrected chi connectivity index (χ0v) is 26.4. The molecule has 46 heavy (non-hydrogen) atoms. The van der Waals surface area contributed by atoms with Crippen LogP contribution in [0.5, 0.6) is 46.0 Å². The highest BCUT2D eigenvalue weighted by Gasteiger charge is 2.40. The molecule has 0 saturated carbocycles. The van der Waals surface area contributed by atoms with Gasteiger partial charge in [0.15, 0.2) is 11.6 Å². The SMILES string of the molecule is COc1ccc(C2CC(=O)c3c(OC)cc(OC)c(-c4c(OC)cc(OC)c5c4OC(c4ccc(OC)cc4)CC5=O)c3O2)cc1. The normalized spacial score (nSPS) is 16.7. The van der Waals surface area contributed by atoms with E-state index in [-0.39, 0.29) is 47.0 Å². The first kappa shape index (κ1) is 30.6. The van der Waals surface area contributed by atoms with Crippen molar-refractivity contribution in [3.63, 3.8) is 0 Å². The molecule has 2 atom stereocenters. The molecule has 0 aromatic heterocycles. The number of Topliss-reactive ketones (excluding diaryl/α,β-unsaturated/α-hetero) is 2. The molecule has 238 valence electrons. The third kappa shape index (κ3) is 5.19. The third-order valence-electron chi connectivity index (χ3n) is 8.34. The maximum Gasteiger partial charge on any atom is 0.174 e. The van der Waals surface area contributed by atoms with Crippen LogP contribution >= 0.6 is 0 Å². The van der Waals surface area contributed by atoms with Gasteiger partial charge in [-0.25, -0.2) is 0 Å². The van der Waals surface area contributed by atoms with Crippen molar-refractivity contribution in [2.75, 3.05) is 42.7 Å². The summed E-state index contributed by atoms with van der Waals surface area (Å²) in [5.41, 5.74) is 2.82. The zero-order chi connectivity index (χ0) is 32.5. The van der Waals surface area contributed by atoms with Crippen molar-refractivity contribution in [3.05, 3.63) is 82.9 Å². The maximum absolute atomic E-state index is 13.9. The Morgan fingerprint density at radius 2 is 0.804 bits per heavy atom. The molecule has 0 saturated heterocycles. The van der Waals surface area contributed by atoms with Crippen LogP contribution in [0.3, 0.4) is 0 Å². The fourth-order valence-corrected chi connectivity index (χ4v) is 6.02. The molecule has 4 aromatic carbocycles. The molecular weight excluding hydrogens is 592 g/mol. The predicted octanol–water partition coefficient (Wildman–Crippen LogP) is 6.82. The quantitative estimate of drug-likeness (QED) is 0.196. The lowest BCUT2D eigenvalue weighted by Crippen LogP contribution is -2.23. The number of benzene rings is 4. The molecule has 2 aliphatic heterocycles. The molecule has 0 amide bonds. The van der Waals surface area contributed by atoms with Crippen molar-refractivity contribution in [2.45, 2.75) is 25.0 Å². The number of carbonyl (C=O) groups is 2. The van der Waals surface area contributed by atoms with Crippen molar-refractivity contribution in [1.82, 2.24) is 0 Å². The van der Waals surface area contributed by atoms with Crippen LogP contribution in [0.4, 0.5) is 0 Å². The van der Waals surface area contributed by atoms with Crippen LogP contribution in [0.25, 0.3) is 11.1 Å². The van der Waals surface area contributed by atoms with Crippen molar-refractivity contribution in [2.24, 2.45) is 0 Å². The summed E-state index contributed by atoms with van der Waals surface area (Å²) < 4.78 is 47.1. The van der Waals surface area contributed by atoms with Gasteiger partial charge in [-0.1, -0.05) is 24.3 Å². The lowest BCUT2D eigenvalue weighted by atomic mass is 9.87. The molecule has 10 nitrogen and oxygen atoms in total. The first-order chi connectivity index (χ1) is 22.3. The number of methoxy groups -OCH3 is 6. The van der Waals surface area contributed by atoms with Gasteiger partial charge in [0, 0.05) is 12.1 Å². The number of hydrogen-bond acceptors (Lipinski definition) is 10. The second-order valence-electron chi connectivity index (χ2n) is 10.7. The van der Waals surface area contributed by atoms with E-state index in [1.54, 1.807) is 26.4 Å². The van der Waals surface area contributed by atoms with Gasteiger partial charge in [-0.05, 0) is 35.4 Å². The summed E-state index contributed by atoms with van der Waals surface area (Å²) in [7, 11) is 9.15. The van der Waals surface area contributed by atoms with Crippen molar-refractivity contribution in [1.29, 1.82) is 0 Å². The minimum absolute atomic E-state index is 0.0772. The Bertz CT molecular complexity index is 1660. The minimum Gasteiger partial charge on any atom is -0.497 e. The highest BCUT2D eigenvalue weighted by atomic mass is 16.5. The zero-order valence-electron chi connectivity index (χ0n) is 26.4. The van der Waals surface area contributed by atoms with E-state index < -0.39 is 12.2 Å². The fraction of sp³-hybridized carbons (Fsp3) is 0.278. The highest BCUT2D eigenvalue weighted by molar-refractivity contribution is 6.09. The number of carbonyl (C=O) groups excluding carboxylic acids is 2. The van der Waals surface area contributed by atoms with Crippen LogP contribution in [0.1, 0.15) is 56.9 Å². The topological polar surface area (TPSA) is 108 Å². The van der Waals surface area contributed by atoms with E-state index in [1.165, 1.54) is 28.4 Å².